The molecule has 6 heteroatoms. The van der Waals surface area contributed by atoms with Crippen LogP contribution in [0.25, 0.3) is 16.9 Å². The van der Waals surface area contributed by atoms with E-state index in [9.17, 15) is 4.79 Å². The quantitative estimate of drug-likeness (QED) is 0.641. The van der Waals surface area contributed by atoms with Gasteiger partial charge in [0.2, 0.25) is 0 Å². The minimum absolute atomic E-state index is 0.0269. The van der Waals surface area contributed by atoms with Crippen LogP contribution in [-0.2, 0) is 16.1 Å². The zero-order valence-corrected chi connectivity index (χ0v) is 16.4. The molecule has 1 amide bonds. The lowest BCUT2D eigenvalue weighted by molar-refractivity contribution is -0.0342. The van der Waals surface area contributed by atoms with Gasteiger partial charge in [-0.15, -0.1) is 0 Å². The number of morpholine rings is 1. The van der Waals surface area contributed by atoms with Gasteiger partial charge in [-0.1, -0.05) is 65.8 Å². The van der Waals surface area contributed by atoms with Crippen molar-refractivity contribution in [3.8, 4) is 11.3 Å². The van der Waals surface area contributed by atoms with Gasteiger partial charge in [0.1, 0.15) is 6.61 Å². The summed E-state index contributed by atoms with van der Waals surface area (Å²) in [4.78, 5) is 14.6. The zero-order valence-electron chi connectivity index (χ0n) is 16.4. The molecular formula is C24H22N2O4. The number of rotatable bonds is 4. The highest BCUT2D eigenvalue weighted by atomic mass is 16.6. The molecule has 2 unspecified atom stereocenters. The molecule has 152 valence electrons. The molecule has 30 heavy (non-hydrogen) atoms. The van der Waals surface area contributed by atoms with Gasteiger partial charge in [0.05, 0.1) is 31.5 Å². The maximum atomic E-state index is 12.8. The first-order chi connectivity index (χ1) is 14.8. The van der Waals surface area contributed by atoms with Gasteiger partial charge in [-0.25, -0.2) is 4.79 Å². The fourth-order valence-electron chi connectivity index (χ4n) is 4.10. The Morgan fingerprint density at radius 3 is 2.57 bits per heavy atom. The monoisotopic (exact) mass is 402 g/mol. The van der Waals surface area contributed by atoms with Crippen LogP contribution in [-0.4, -0.2) is 41.4 Å². The number of hydrogen-bond donors (Lipinski definition) is 0. The number of ether oxygens (including phenoxy) is 2. The summed E-state index contributed by atoms with van der Waals surface area (Å²) in [6.45, 7) is 1.27. The Bertz CT molecular complexity index is 1030. The molecule has 0 saturated carbocycles. The van der Waals surface area contributed by atoms with E-state index in [2.05, 4.69) is 23.4 Å². The Morgan fingerprint density at radius 2 is 1.83 bits per heavy atom. The molecule has 0 radical (unpaired) electrons. The first kappa shape index (κ1) is 18.6. The van der Waals surface area contributed by atoms with Crippen molar-refractivity contribution in [2.24, 2.45) is 0 Å². The maximum Gasteiger partial charge on any atom is 0.411 e. The normalized spacial score (nSPS) is 20.5. The van der Waals surface area contributed by atoms with E-state index in [1.807, 2.05) is 53.4 Å². The van der Waals surface area contributed by atoms with E-state index in [4.69, 9.17) is 14.0 Å². The third-order valence-electron chi connectivity index (χ3n) is 5.59. The fraction of sp³-hybridized carbons (Fsp3) is 0.250. The van der Waals surface area contributed by atoms with Crippen molar-refractivity contribution in [3.05, 3.63) is 84.1 Å². The second-order valence-corrected chi connectivity index (χ2v) is 7.56. The van der Waals surface area contributed by atoms with Gasteiger partial charge in [0.15, 0.2) is 5.76 Å². The van der Waals surface area contributed by atoms with Crippen LogP contribution in [0.4, 0.5) is 4.79 Å². The third-order valence-corrected chi connectivity index (χ3v) is 5.59. The minimum atomic E-state index is -0.284. The van der Waals surface area contributed by atoms with E-state index >= 15 is 0 Å². The van der Waals surface area contributed by atoms with Crippen molar-refractivity contribution in [1.82, 2.24) is 10.1 Å². The van der Waals surface area contributed by atoms with Crippen LogP contribution in [0.15, 0.2) is 77.5 Å². The zero-order chi connectivity index (χ0) is 20.3. The summed E-state index contributed by atoms with van der Waals surface area (Å²) in [5, 5.41) is 3.76. The smallest absolute Gasteiger partial charge is 0.411 e. The molecule has 0 aliphatic carbocycles. The molecule has 2 aliphatic heterocycles. The van der Waals surface area contributed by atoms with Crippen LogP contribution in [0.1, 0.15) is 17.5 Å². The Labute approximate surface area is 174 Å². The third kappa shape index (κ3) is 3.74. The van der Waals surface area contributed by atoms with E-state index in [1.54, 1.807) is 6.20 Å². The molecule has 1 aromatic heterocycles. The Morgan fingerprint density at radius 1 is 1.03 bits per heavy atom. The molecule has 2 aromatic carbocycles. The number of hydrogen-bond acceptors (Lipinski definition) is 5. The summed E-state index contributed by atoms with van der Waals surface area (Å²) in [5.74, 6) is 0.747. The second-order valence-electron chi connectivity index (χ2n) is 7.56. The maximum absolute atomic E-state index is 12.8. The molecule has 2 atom stereocenters. The summed E-state index contributed by atoms with van der Waals surface area (Å²) >= 11 is 0. The lowest BCUT2D eigenvalue weighted by Crippen LogP contribution is -2.56. The fourth-order valence-corrected chi connectivity index (χ4v) is 4.10. The van der Waals surface area contributed by atoms with Crippen molar-refractivity contribution in [3.63, 3.8) is 0 Å². The number of nitrogens with zero attached hydrogens (tertiary/aromatic N) is 2. The summed E-state index contributed by atoms with van der Waals surface area (Å²) < 4.78 is 16.5. The van der Waals surface area contributed by atoms with Crippen LogP contribution in [0, 0.1) is 0 Å². The number of fused-ring (bicyclic) bond motifs is 2. The molecule has 3 heterocycles. The highest BCUT2D eigenvalue weighted by Crippen LogP contribution is 2.34. The summed E-state index contributed by atoms with van der Waals surface area (Å²) in [6, 6.07) is 19.7. The molecule has 5 rings (SSSR count). The lowest BCUT2D eigenvalue weighted by Gasteiger charge is -2.43. The van der Waals surface area contributed by atoms with Crippen molar-refractivity contribution in [1.29, 1.82) is 0 Å². The highest BCUT2D eigenvalue weighted by Gasteiger charge is 2.39. The average molecular weight is 402 g/mol. The Hall–Kier alpha value is -3.38. The van der Waals surface area contributed by atoms with Crippen molar-refractivity contribution >= 4 is 11.7 Å². The Balaban J connectivity index is 1.31. The topological polar surface area (TPSA) is 64.8 Å². The number of carbonyl (C=O) groups is 1. The minimum Gasteiger partial charge on any atom is -0.445 e. The number of amides is 1. The van der Waals surface area contributed by atoms with Crippen LogP contribution >= 0.6 is 0 Å². The highest BCUT2D eigenvalue weighted by molar-refractivity contribution is 5.75. The van der Waals surface area contributed by atoms with Crippen LogP contribution in [0.2, 0.25) is 0 Å². The van der Waals surface area contributed by atoms with Crippen molar-refractivity contribution < 1.29 is 18.8 Å². The number of benzene rings is 2. The molecular weight excluding hydrogens is 380 g/mol. The second kappa shape index (κ2) is 8.16. The van der Waals surface area contributed by atoms with Gasteiger partial charge in [0.25, 0.3) is 0 Å². The van der Waals surface area contributed by atoms with Gasteiger partial charge >= 0.3 is 6.09 Å². The molecule has 0 N–H and O–H groups in total. The summed E-state index contributed by atoms with van der Waals surface area (Å²) in [6.07, 6.45) is 4.22. The van der Waals surface area contributed by atoms with Gasteiger partial charge in [0, 0.05) is 11.6 Å². The van der Waals surface area contributed by atoms with Crippen LogP contribution in [0.5, 0.6) is 0 Å². The van der Waals surface area contributed by atoms with E-state index < -0.39 is 0 Å². The van der Waals surface area contributed by atoms with Crippen LogP contribution in [0.3, 0.4) is 0 Å². The van der Waals surface area contributed by atoms with Crippen molar-refractivity contribution in [2.75, 3.05) is 13.2 Å². The molecule has 1 saturated heterocycles. The average Bonchev–Trinajstić information content (AvgIpc) is 3.32. The van der Waals surface area contributed by atoms with E-state index in [1.165, 1.54) is 5.57 Å². The Kier molecular flexibility index (Phi) is 5.07. The predicted molar refractivity (Wildman–Crippen MR) is 111 cm³/mol. The summed E-state index contributed by atoms with van der Waals surface area (Å²) in [5.41, 5.74) is 4.34. The molecule has 2 aliphatic rings. The van der Waals surface area contributed by atoms with Crippen molar-refractivity contribution in [2.45, 2.75) is 25.1 Å². The lowest BCUT2D eigenvalue weighted by atomic mass is 9.89. The van der Waals surface area contributed by atoms with Gasteiger partial charge in [-0.2, -0.15) is 0 Å². The SMILES string of the molecule is O=C(OCc1ccccc1)N1C2C=C(c3ccc(-c4ccno4)cc3)CC1COC2. The van der Waals surface area contributed by atoms with E-state index in [-0.39, 0.29) is 24.8 Å². The van der Waals surface area contributed by atoms with E-state index in [0.717, 1.165) is 28.9 Å². The molecule has 3 aromatic rings. The predicted octanol–water partition coefficient (Wildman–Crippen LogP) is 4.53. The van der Waals surface area contributed by atoms with E-state index in [0.29, 0.717) is 13.2 Å². The van der Waals surface area contributed by atoms with Crippen LogP contribution < -0.4 is 0 Å². The largest absolute Gasteiger partial charge is 0.445 e. The molecule has 2 bridgehead atoms. The standard InChI is InChI=1S/C24H22N2O4/c27-24(29-14-17-4-2-1-3-5-17)26-21-12-20(13-22(26)16-28-15-21)18-6-8-19(9-7-18)23-10-11-25-30-23/h1-12,21-22H,13-16H2. The van der Waals surface area contributed by atoms with Gasteiger partial charge in [-0.05, 0) is 23.1 Å². The molecule has 1 fully saturated rings. The number of aromatic nitrogens is 1. The molecule has 6 nitrogen and oxygen atoms in total. The molecule has 0 spiro atoms. The van der Waals surface area contributed by atoms with Gasteiger partial charge in [-0.3, -0.25) is 4.90 Å². The number of carbonyl (C=O) groups excluding carboxylic acids is 1. The first-order valence-electron chi connectivity index (χ1n) is 10.1. The summed E-state index contributed by atoms with van der Waals surface area (Å²) in [7, 11) is 0. The first-order valence-corrected chi connectivity index (χ1v) is 10.1. The van der Waals surface area contributed by atoms with Gasteiger partial charge < -0.3 is 14.0 Å².